The molecule has 134 valence electrons. The molecule has 24 heavy (non-hydrogen) atoms. The fourth-order valence-electron chi connectivity index (χ4n) is 2.82. The van der Waals surface area contributed by atoms with Crippen molar-refractivity contribution in [3.8, 4) is 0 Å². The summed E-state index contributed by atoms with van der Waals surface area (Å²) < 4.78 is 5.67. The number of thiocarbonyl (C=S) groups is 1. The molecule has 1 aromatic rings. The molecular weight excluding hydrogens is 344 g/mol. The monoisotopic (exact) mass is 370 g/mol. The summed E-state index contributed by atoms with van der Waals surface area (Å²) in [4.78, 5) is 16.7. The van der Waals surface area contributed by atoms with Crippen molar-refractivity contribution in [2.75, 3.05) is 18.4 Å². The quantitative estimate of drug-likeness (QED) is 0.350. The Hall–Kier alpha value is -1.41. The number of nitrogens with two attached hydrogens (primary N) is 1. The third-order valence-corrected chi connectivity index (χ3v) is 5.12. The SMILES string of the molecule is CCCCC1CC(C)(c2csc(NCCCNC(N)=S)n2)OC1=O. The number of carbonyl (C=O) groups is 1. The van der Waals surface area contributed by atoms with Gasteiger partial charge in [-0.15, -0.1) is 11.3 Å². The number of hydrogen-bond acceptors (Lipinski definition) is 6. The lowest BCUT2D eigenvalue weighted by molar-refractivity contribution is -0.150. The van der Waals surface area contributed by atoms with Crippen LogP contribution in [0.5, 0.6) is 0 Å². The van der Waals surface area contributed by atoms with E-state index < -0.39 is 5.60 Å². The van der Waals surface area contributed by atoms with Gasteiger partial charge >= 0.3 is 5.97 Å². The molecule has 0 aliphatic carbocycles. The van der Waals surface area contributed by atoms with E-state index in [1.807, 2.05) is 12.3 Å². The van der Waals surface area contributed by atoms with E-state index in [9.17, 15) is 4.79 Å². The highest BCUT2D eigenvalue weighted by Crippen LogP contribution is 2.42. The Balaban J connectivity index is 1.85. The number of ether oxygens (including phenoxy) is 1. The highest BCUT2D eigenvalue weighted by atomic mass is 32.1. The van der Waals surface area contributed by atoms with Gasteiger partial charge in [0.1, 0.15) is 0 Å². The first kappa shape index (κ1) is 18.9. The molecule has 8 heteroatoms. The predicted molar refractivity (Wildman–Crippen MR) is 101 cm³/mol. The molecule has 0 bridgehead atoms. The molecule has 2 atom stereocenters. The fraction of sp³-hybridized carbons (Fsp3) is 0.688. The van der Waals surface area contributed by atoms with Crippen LogP contribution in [0.2, 0.25) is 0 Å². The summed E-state index contributed by atoms with van der Waals surface area (Å²) in [6.07, 6.45) is 4.65. The molecule has 1 aromatic heterocycles. The van der Waals surface area contributed by atoms with E-state index in [0.717, 1.165) is 49.6 Å². The minimum Gasteiger partial charge on any atom is -0.453 e. The largest absolute Gasteiger partial charge is 0.453 e. The first-order valence-electron chi connectivity index (χ1n) is 8.40. The first-order chi connectivity index (χ1) is 11.4. The summed E-state index contributed by atoms with van der Waals surface area (Å²) in [7, 11) is 0. The van der Waals surface area contributed by atoms with Crippen molar-refractivity contribution in [3.05, 3.63) is 11.1 Å². The molecule has 2 heterocycles. The summed E-state index contributed by atoms with van der Waals surface area (Å²) in [5, 5.41) is 9.33. The van der Waals surface area contributed by atoms with Crippen LogP contribution in [0.1, 0.15) is 51.6 Å². The molecule has 4 N–H and O–H groups in total. The van der Waals surface area contributed by atoms with Crippen LogP contribution in [0.4, 0.5) is 5.13 Å². The van der Waals surface area contributed by atoms with Gasteiger partial charge in [0, 0.05) is 24.9 Å². The van der Waals surface area contributed by atoms with E-state index in [2.05, 4.69) is 22.5 Å². The fourth-order valence-corrected chi connectivity index (χ4v) is 3.78. The van der Waals surface area contributed by atoms with Crippen LogP contribution in [0.3, 0.4) is 0 Å². The van der Waals surface area contributed by atoms with Crippen molar-refractivity contribution in [2.24, 2.45) is 11.7 Å². The highest BCUT2D eigenvalue weighted by Gasteiger charge is 2.45. The summed E-state index contributed by atoms with van der Waals surface area (Å²) in [5.74, 6) is -0.0866. The van der Waals surface area contributed by atoms with Crippen molar-refractivity contribution in [1.29, 1.82) is 0 Å². The number of thiazole rings is 1. The molecule has 0 amide bonds. The van der Waals surface area contributed by atoms with Crippen LogP contribution in [0.15, 0.2) is 5.38 Å². The number of hydrogen-bond donors (Lipinski definition) is 3. The molecule has 1 fully saturated rings. The maximum absolute atomic E-state index is 12.1. The lowest BCUT2D eigenvalue weighted by atomic mass is 9.90. The van der Waals surface area contributed by atoms with E-state index in [0.29, 0.717) is 11.5 Å². The smallest absolute Gasteiger partial charge is 0.310 e. The molecular formula is C16H26N4O2S2. The van der Waals surface area contributed by atoms with Crippen LogP contribution >= 0.6 is 23.6 Å². The third-order valence-electron chi connectivity index (χ3n) is 4.18. The number of carbonyl (C=O) groups excluding carboxylic acids is 1. The number of nitrogens with one attached hydrogen (secondary N) is 2. The minimum atomic E-state index is -0.598. The zero-order valence-electron chi connectivity index (χ0n) is 14.3. The van der Waals surface area contributed by atoms with Gasteiger partial charge in [-0.25, -0.2) is 4.98 Å². The second kappa shape index (κ2) is 8.62. The number of rotatable bonds is 9. The van der Waals surface area contributed by atoms with Gasteiger partial charge in [0.05, 0.1) is 11.6 Å². The van der Waals surface area contributed by atoms with E-state index in [1.165, 1.54) is 11.3 Å². The maximum atomic E-state index is 12.1. The summed E-state index contributed by atoms with van der Waals surface area (Å²) in [6.45, 7) is 5.60. The number of cyclic esters (lactones) is 1. The van der Waals surface area contributed by atoms with Gasteiger partial charge in [-0.1, -0.05) is 19.8 Å². The van der Waals surface area contributed by atoms with Crippen LogP contribution in [-0.2, 0) is 15.1 Å². The third kappa shape index (κ3) is 5.04. The average molecular weight is 371 g/mol. The predicted octanol–water partition coefficient (Wildman–Crippen LogP) is 2.75. The average Bonchev–Trinajstić information content (AvgIpc) is 3.10. The number of anilines is 1. The molecule has 0 aromatic carbocycles. The Labute approximate surface area is 152 Å². The van der Waals surface area contributed by atoms with E-state index in [1.54, 1.807) is 0 Å². The summed E-state index contributed by atoms with van der Waals surface area (Å²) in [5.41, 5.74) is 5.61. The first-order valence-corrected chi connectivity index (χ1v) is 9.69. The van der Waals surface area contributed by atoms with Crippen molar-refractivity contribution in [1.82, 2.24) is 10.3 Å². The molecule has 0 spiro atoms. The van der Waals surface area contributed by atoms with Gasteiger partial charge in [0.25, 0.3) is 0 Å². The van der Waals surface area contributed by atoms with Crippen molar-refractivity contribution in [2.45, 2.75) is 51.6 Å². The van der Waals surface area contributed by atoms with Crippen LogP contribution in [0, 0.1) is 5.92 Å². The molecule has 1 saturated heterocycles. The zero-order valence-corrected chi connectivity index (χ0v) is 15.9. The van der Waals surface area contributed by atoms with E-state index in [4.69, 9.17) is 22.7 Å². The molecule has 2 unspecified atom stereocenters. The Kier molecular flexibility index (Phi) is 6.79. The highest BCUT2D eigenvalue weighted by molar-refractivity contribution is 7.80. The van der Waals surface area contributed by atoms with Crippen LogP contribution < -0.4 is 16.4 Å². The van der Waals surface area contributed by atoms with Gasteiger partial charge < -0.3 is 21.1 Å². The molecule has 1 aliphatic rings. The topological polar surface area (TPSA) is 89.3 Å². The Morgan fingerprint density at radius 2 is 2.33 bits per heavy atom. The second-order valence-corrected chi connectivity index (χ2v) is 7.60. The van der Waals surface area contributed by atoms with Crippen LogP contribution in [0.25, 0.3) is 0 Å². The van der Waals surface area contributed by atoms with Gasteiger partial charge in [-0.3, -0.25) is 4.79 Å². The summed E-state index contributed by atoms with van der Waals surface area (Å²) in [6, 6.07) is 0. The maximum Gasteiger partial charge on any atom is 0.310 e. The second-order valence-electron chi connectivity index (χ2n) is 6.30. The number of unbranched alkanes of at least 4 members (excludes halogenated alkanes) is 1. The van der Waals surface area contributed by atoms with Crippen molar-refractivity contribution >= 4 is 39.8 Å². The van der Waals surface area contributed by atoms with E-state index in [-0.39, 0.29) is 11.9 Å². The van der Waals surface area contributed by atoms with Gasteiger partial charge in [0.2, 0.25) is 0 Å². The Morgan fingerprint density at radius 1 is 1.54 bits per heavy atom. The van der Waals surface area contributed by atoms with Gasteiger partial charge in [-0.2, -0.15) is 0 Å². The molecule has 2 rings (SSSR count). The number of nitrogens with zero attached hydrogens (tertiary/aromatic N) is 1. The Bertz CT molecular complexity index is 578. The summed E-state index contributed by atoms with van der Waals surface area (Å²) >= 11 is 6.29. The van der Waals surface area contributed by atoms with E-state index >= 15 is 0 Å². The normalized spacial score (nSPS) is 23.1. The number of esters is 1. The lowest BCUT2D eigenvalue weighted by Crippen LogP contribution is -2.30. The number of aromatic nitrogens is 1. The van der Waals surface area contributed by atoms with Gasteiger partial charge in [0.15, 0.2) is 15.8 Å². The molecule has 1 aliphatic heterocycles. The van der Waals surface area contributed by atoms with Crippen molar-refractivity contribution < 1.29 is 9.53 Å². The lowest BCUT2D eigenvalue weighted by Gasteiger charge is -2.19. The van der Waals surface area contributed by atoms with Gasteiger partial charge in [-0.05, 0) is 32.0 Å². The molecule has 0 radical (unpaired) electrons. The van der Waals surface area contributed by atoms with Crippen LogP contribution in [-0.4, -0.2) is 29.2 Å². The van der Waals surface area contributed by atoms with Crippen molar-refractivity contribution in [3.63, 3.8) is 0 Å². The zero-order chi connectivity index (χ0) is 17.6. The molecule has 0 saturated carbocycles. The Morgan fingerprint density at radius 3 is 3.04 bits per heavy atom. The minimum absolute atomic E-state index is 0.000708. The molecule has 6 nitrogen and oxygen atoms in total. The standard InChI is InChI=1S/C16H26N4O2S2/c1-3-4-6-11-9-16(2,22-13(11)21)12-10-24-15(20-12)19-8-5-7-18-14(17)23/h10-11H,3-9H2,1-2H3,(H,19,20)(H3,17,18,23).